The zero-order valence-corrected chi connectivity index (χ0v) is 12.5. The van der Waals surface area contributed by atoms with E-state index < -0.39 is 0 Å². The highest BCUT2D eigenvalue weighted by Crippen LogP contribution is 2.35. The molecule has 1 aromatic carbocycles. The molecule has 0 radical (unpaired) electrons. The maximum Gasteiger partial charge on any atom is 0.125 e. The quantitative estimate of drug-likeness (QED) is 0.657. The Morgan fingerprint density at radius 1 is 1.53 bits per heavy atom. The number of hydrazine groups is 1. The molecular weight excluding hydrogens is 328 g/mol. The van der Waals surface area contributed by atoms with Crippen LogP contribution in [0.15, 0.2) is 22.8 Å². The van der Waals surface area contributed by atoms with Crippen LogP contribution in [-0.2, 0) is 12.8 Å². The smallest absolute Gasteiger partial charge is 0.125 e. The van der Waals surface area contributed by atoms with E-state index in [0.29, 0.717) is 0 Å². The first kappa shape index (κ1) is 13.0. The average Bonchev–Trinajstić information content (AvgIpc) is 3.05. The van der Waals surface area contributed by atoms with Crippen LogP contribution in [0.4, 0.5) is 0 Å². The zero-order chi connectivity index (χ0) is 13.2. The van der Waals surface area contributed by atoms with Gasteiger partial charge in [-0.2, -0.15) is 0 Å². The van der Waals surface area contributed by atoms with Gasteiger partial charge in [0.1, 0.15) is 5.75 Å². The van der Waals surface area contributed by atoms with Crippen molar-refractivity contribution in [2.24, 2.45) is 5.84 Å². The molecule has 0 fully saturated rings. The van der Waals surface area contributed by atoms with Crippen molar-refractivity contribution >= 4 is 27.5 Å². The normalized spacial score (nSPS) is 15.1. The molecule has 1 atom stereocenters. The van der Waals surface area contributed by atoms with Gasteiger partial charge >= 0.3 is 0 Å². The summed E-state index contributed by atoms with van der Waals surface area (Å²) in [5.41, 5.74) is 5.23. The summed E-state index contributed by atoms with van der Waals surface area (Å²) in [6.07, 6.45) is 3.46. The molecule has 5 nitrogen and oxygen atoms in total. The maximum absolute atomic E-state index is 5.73. The number of rotatable bonds is 4. The number of hydrogen-bond acceptors (Lipinski definition) is 6. The largest absolute Gasteiger partial charge is 0.493 e. The molecular formula is C12H13BrN4OS. The first-order valence-corrected chi connectivity index (χ1v) is 7.52. The molecule has 1 aromatic heterocycles. The third kappa shape index (κ3) is 2.64. The first-order chi connectivity index (χ1) is 9.28. The number of benzene rings is 1. The molecule has 0 saturated heterocycles. The van der Waals surface area contributed by atoms with Gasteiger partial charge in [0, 0.05) is 10.9 Å². The number of halogens is 1. The lowest BCUT2D eigenvalue weighted by Crippen LogP contribution is -2.29. The van der Waals surface area contributed by atoms with E-state index in [1.807, 2.05) is 0 Å². The molecule has 3 N–H and O–H groups in total. The van der Waals surface area contributed by atoms with Crippen molar-refractivity contribution in [2.45, 2.75) is 18.9 Å². The summed E-state index contributed by atoms with van der Waals surface area (Å²) in [5.74, 6) is 6.64. The van der Waals surface area contributed by atoms with Crippen LogP contribution >= 0.6 is 27.5 Å². The SMILES string of the molecule is NNC(Cc1cc(Br)cc2c1OCC2)c1cnns1. The molecule has 1 aliphatic rings. The van der Waals surface area contributed by atoms with Crippen molar-refractivity contribution < 1.29 is 4.74 Å². The van der Waals surface area contributed by atoms with Crippen LogP contribution in [0.5, 0.6) is 5.75 Å². The van der Waals surface area contributed by atoms with Crippen molar-refractivity contribution in [2.75, 3.05) is 6.61 Å². The molecule has 1 aliphatic heterocycles. The summed E-state index contributed by atoms with van der Waals surface area (Å²) in [6.45, 7) is 0.752. The number of nitrogens with two attached hydrogens (primary N) is 1. The fraction of sp³-hybridized carbons (Fsp3) is 0.333. The van der Waals surface area contributed by atoms with Gasteiger partial charge in [0.25, 0.3) is 0 Å². The second kappa shape index (κ2) is 5.54. The lowest BCUT2D eigenvalue weighted by Gasteiger charge is -2.16. The first-order valence-electron chi connectivity index (χ1n) is 5.95. The van der Waals surface area contributed by atoms with Crippen LogP contribution < -0.4 is 16.0 Å². The van der Waals surface area contributed by atoms with Gasteiger partial charge in [0.05, 0.1) is 23.7 Å². The molecule has 100 valence electrons. The minimum Gasteiger partial charge on any atom is -0.493 e. The molecule has 0 aliphatic carbocycles. The highest BCUT2D eigenvalue weighted by Gasteiger charge is 2.21. The molecule has 2 aromatic rings. The van der Waals surface area contributed by atoms with E-state index in [1.54, 1.807) is 6.20 Å². The number of aromatic nitrogens is 2. The van der Waals surface area contributed by atoms with Crippen molar-refractivity contribution in [3.63, 3.8) is 0 Å². The van der Waals surface area contributed by atoms with Crippen LogP contribution in [0, 0.1) is 0 Å². The van der Waals surface area contributed by atoms with Crippen molar-refractivity contribution in [1.82, 2.24) is 15.0 Å². The molecule has 0 amide bonds. The molecule has 7 heteroatoms. The topological polar surface area (TPSA) is 73.1 Å². The Kier molecular flexibility index (Phi) is 3.79. The van der Waals surface area contributed by atoms with Crippen LogP contribution in [0.25, 0.3) is 0 Å². The Morgan fingerprint density at radius 2 is 2.42 bits per heavy atom. The van der Waals surface area contributed by atoms with Crippen LogP contribution in [0.1, 0.15) is 22.0 Å². The van der Waals surface area contributed by atoms with Gasteiger partial charge in [-0.15, -0.1) is 5.10 Å². The summed E-state index contributed by atoms with van der Waals surface area (Å²) in [4.78, 5) is 1.02. The van der Waals surface area contributed by atoms with Gasteiger partial charge in [-0.1, -0.05) is 20.4 Å². The van der Waals surface area contributed by atoms with Gasteiger partial charge in [-0.3, -0.25) is 11.3 Å². The molecule has 2 heterocycles. The fourth-order valence-electron chi connectivity index (χ4n) is 2.29. The Hall–Kier alpha value is -1.02. The third-order valence-corrected chi connectivity index (χ3v) is 4.41. The third-order valence-electron chi connectivity index (χ3n) is 3.17. The second-order valence-corrected chi connectivity index (χ2v) is 6.13. The van der Waals surface area contributed by atoms with Gasteiger partial charge in [-0.05, 0) is 41.2 Å². The summed E-state index contributed by atoms with van der Waals surface area (Å²) in [5, 5.41) is 3.86. The van der Waals surface area contributed by atoms with Crippen molar-refractivity contribution in [3.05, 3.63) is 38.8 Å². The Bertz CT molecular complexity index is 575. The standard InChI is InChI=1S/C12H13BrN4OS/c13-9-3-7-1-2-18-12(7)8(4-9)5-10(16-14)11-6-15-17-19-11/h3-4,6,10,16H,1-2,5,14H2. The number of nitrogens with one attached hydrogen (secondary N) is 1. The van der Waals surface area contributed by atoms with Gasteiger partial charge in [-0.25, -0.2) is 0 Å². The summed E-state index contributed by atoms with van der Waals surface area (Å²) in [7, 11) is 0. The molecule has 3 rings (SSSR count). The molecule has 0 spiro atoms. The molecule has 0 bridgehead atoms. The molecule has 19 heavy (non-hydrogen) atoms. The average molecular weight is 341 g/mol. The van der Waals surface area contributed by atoms with E-state index in [9.17, 15) is 0 Å². The predicted molar refractivity (Wildman–Crippen MR) is 77.0 cm³/mol. The Balaban J connectivity index is 1.90. The summed E-state index contributed by atoms with van der Waals surface area (Å²) < 4.78 is 10.7. The van der Waals surface area contributed by atoms with Crippen molar-refractivity contribution in [1.29, 1.82) is 0 Å². The number of hydrogen-bond donors (Lipinski definition) is 2. The monoisotopic (exact) mass is 340 g/mol. The Morgan fingerprint density at radius 3 is 3.16 bits per heavy atom. The Labute approximate surface area is 123 Å². The predicted octanol–water partition coefficient (Wildman–Crippen LogP) is 1.98. The van der Waals surface area contributed by atoms with E-state index in [2.05, 4.69) is 43.1 Å². The molecule has 0 saturated carbocycles. The van der Waals surface area contributed by atoms with Crippen LogP contribution in [0.2, 0.25) is 0 Å². The number of ether oxygens (including phenoxy) is 1. The van der Waals surface area contributed by atoms with E-state index in [1.165, 1.54) is 17.1 Å². The zero-order valence-electron chi connectivity index (χ0n) is 10.1. The minimum absolute atomic E-state index is 0.00241. The summed E-state index contributed by atoms with van der Waals surface area (Å²) >= 11 is 4.90. The van der Waals surface area contributed by atoms with E-state index >= 15 is 0 Å². The minimum atomic E-state index is 0.00241. The van der Waals surface area contributed by atoms with Gasteiger partial charge in [0.2, 0.25) is 0 Å². The van der Waals surface area contributed by atoms with Gasteiger partial charge in [0.15, 0.2) is 0 Å². The summed E-state index contributed by atoms with van der Waals surface area (Å²) in [6, 6.07) is 4.20. The molecule has 1 unspecified atom stereocenters. The lowest BCUT2D eigenvalue weighted by atomic mass is 10.0. The van der Waals surface area contributed by atoms with E-state index in [0.717, 1.165) is 40.1 Å². The highest BCUT2D eigenvalue weighted by atomic mass is 79.9. The second-order valence-electron chi connectivity index (χ2n) is 4.39. The number of fused-ring (bicyclic) bond motifs is 1. The lowest BCUT2D eigenvalue weighted by molar-refractivity contribution is 0.351. The van der Waals surface area contributed by atoms with Crippen LogP contribution in [-0.4, -0.2) is 16.2 Å². The highest BCUT2D eigenvalue weighted by molar-refractivity contribution is 9.10. The maximum atomic E-state index is 5.73. The van der Waals surface area contributed by atoms with Crippen molar-refractivity contribution in [3.8, 4) is 5.75 Å². The van der Waals surface area contributed by atoms with Gasteiger partial charge < -0.3 is 4.74 Å². The fourth-order valence-corrected chi connectivity index (χ4v) is 3.40. The number of nitrogens with zero attached hydrogens (tertiary/aromatic N) is 2. The van der Waals surface area contributed by atoms with E-state index in [4.69, 9.17) is 10.6 Å². The van der Waals surface area contributed by atoms with Crippen LogP contribution in [0.3, 0.4) is 0 Å². The van der Waals surface area contributed by atoms with E-state index in [-0.39, 0.29) is 6.04 Å².